The first-order chi connectivity index (χ1) is 36.4. The van der Waals surface area contributed by atoms with Crippen molar-refractivity contribution in [3.05, 3.63) is 146 Å². The lowest BCUT2D eigenvalue weighted by atomic mass is 10.0. The number of likely N-dealkylation sites (N-methyl/N-ethyl adjacent to an activating group) is 1. The van der Waals surface area contributed by atoms with Crippen LogP contribution in [0.4, 0.5) is 0 Å². The van der Waals surface area contributed by atoms with Crippen molar-refractivity contribution in [2.45, 2.75) is 213 Å². The Morgan fingerprint density at radius 1 is 0.493 bits per heavy atom. The molecule has 0 saturated heterocycles. The van der Waals surface area contributed by atoms with Crippen LogP contribution in [0.2, 0.25) is 0 Å². The number of carbonyl (C=O) groups is 2. The second-order valence-electron chi connectivity index (χ2n) is 20.2. The number of hydrogen-bond acceptors (Lipinski definition) is 6. The highest BCUT2D eigenvalue weighted by Crippen LogP contribution is 2.43. The van der Waals surface area contributed by atoms with Crippen molar-refractivity contribution in [3.8, 4) is 0 Å². The molecule has 1 amide bonds. The lowest BCUT2D eigenvalue weighted by Crippen LogP contribution is -2.47. The number of quaternary nitrogens is 1. The number of unbranched alkanes of at least 4 members (excludes halogenated alkanes) is 17. The van der Waals surface area contributed by atoms with Crippen LogP contribution < -0.4 is 5.32 Å². The number of nitrogens with one attached hydrogen (secondary N) is 1. The van der Waals surface area contributed by atoms with Gasteiger partial charge in [-0.3, -0.25) is 18.6 Å². The molecule has 0 aliphatic rings. The van der Waals surface area contributed by atoms with Crippen LogP contribution in [0.15, 0.2) is 146 Å². The van der Waals surface area contributed by atoms with Crippen molar-refractivity contribution in [1.82, 2.24) is 5.32 Å². The maximum atomic E-state index is 13.5. The molecular formula is C65H108N2O7P+. The molecule has 0 saturated carbocycles. The standard InChI is InChI=1S/C65H107N2O7P/c1-7-10-13-16-19-22-25-28-30-32-33-35-36-39-42-45-48-51-54-57-64(68)66-62(61-73-75(70,71)72-60-59-67(4,5)6)63(56-53-50-47-44-41-38-27-24-21-18-15-12-9-3)74-65(69)58-55-52-49-46-43-40-37-34-31-29-26-23-20-17-14-11-8-2/h10-11,13-14,17,19-20,22-23,26,28-31,33-35,37,39-40,42-43,53,56,62-63H,7-9,12,15-16,18,21,24-25,27,32,36,38,41,44-52,54-55,57-61H2,1-6H3,(H-,66,68,70,71)/p+1/b13-10-,14-11-,20-17+,22-19-,26-23+,30-28-,31-29-,35-33-,37-34+,42-39-,43-40+,56-53+. The van der Waals surface area contributed by atoms with Crippen LogP contribution in [-0.2, 0) is 27.9 Å². The Morgan fingerprint density at radius 2 is 0.920 bits per heavy atom. The number of esters is 1. The van der Waals surface area contributed by atoms with Gasteiger partial charge in [0.25, 0.3) is 0 Å². The number of ether oxygens (including phenoxy) is 1. The van der Waals surface area contributed by atoms with Crippen LogP contribution in [-0.4, -0.2) is 74.3 Å². The molecule has 0 aromatic carbocycles. The Kier molecular flexibility index (Phi) is 50.4. The van der Waals surface area contributed by atoms with E-state index in [0.717, 1.165) is 96.3 Å². The zero-order chi connectivity index (χ0) is 55.0. The minimum atomic E-state index is -4.48. The van der Waals surface area contributed by atoms with Gasteiger partial charge in [-0.2, -0.15) is 0 Å². The zero-order valence-corrected chi connectivity index (χ0v) is 49.1. The molecule has 0 radical (unpaired) electrons. The molecular weight excluding hydrogens is 952 g/mol. The van der Waals surface area contributed by atoms with Crippen LogP contribution in [0.25, 0.3) is 0 Å². The van der Waals surface area contributed by atoms with E-state index in [1.165, 1.54) is 57.8 Å². The fraction of sp³-hybridized carbons (Fsp3) is 0.600. The van der Waals surface area contributed by atoms with Gasteiger partial charge in [0.05, 0.1) is 33.8 Å². The predicted octanol–water partition coefficient (Wildman–Crippen LogP) is 17.9. The van der Waals surface area contributed by atoms with Gasteiger partial charge in [0, 0.05) is 12.8 Å². The van der Waals surface area contributed by atoms with Crippen molar-refractivity contribution in [2.24, 2.45) is 0 Å². The first-order valence-corrected chi connectivity index (χ1v) is 30.7. The highest BCUT2D eigenvalue weighted by atomic mass is 31.2. The van der Waals surface area contributed by atoms with Gasteiger partial charge in [0.15, 0.2) is 0 Å². The van der Waals surface area contributed by atoms with Gasteiger partial charge in [-0.05, 0) is 96.0 Å². The van der Waals surface area contributed by atoms with E-state index in [2.05, 4.69) is 99.0 Å². The summed E-state index contributed by atoms with van der Waals surface area (Å²) in [5.74, 6) is -0.608. The lowest BCUT2D eigenvalue weighted by Gasteiger charge is -2.27. The third-order valence-corrected chi connectivity index (χ3v) is 12.9. The number of amides is 1. The first kappa shape index (κ1) is 70.9. The van der Waals surface area contributed by atoms with E-state index in [1.807, 2.05) is 94.1 Å². The molecule has 3 unspecified atom stereocenters. The number of allylic oxidation sites excluding steroid dienone is 23. The number of rotatable bonds is 50. The average Bonchev–Trinajstić information content (AvgIpc) is 3.37. The summed E-state index contributed by atoms with van der Waals surface area (Å²) in [6.07, 6.45) is 77.0. The molecule has 0 heterocycles. The van der Waals surface area contributed by atoms with E-state index < -0.39 is 20.0 Å². The fourth-order valence-corrected chi connectivity index (χ4v) is 8.20. The SMILES string of the molecule is CC\C=C/C=C/C=C/C=C\C=C\C=C\CCCCCC(=O)OC(/C=C/CCCCCCCCCCCCC)C(COP(=O)(O)OCC[N+](C)(C)C)NC(=O)CCCCC/C=C\C/C=C\C/C=C\C/C=C\C/C=C\CC. The molecule has 0 spiro atoms. The van der Waals surface area contributed by atoms with Crippen molar-refractivity contribution in [1.29, 1.82) is 0 Å². The van der Waals surface area contributed by atoms with E-state index in [-0.39, 0.29) is 37.9 Å². The molecule has 3 atom stereocenters. The van der Waals surface area contributed by atoms with Gasteiger partial charge in [-0.1, -0.05) is 238 Å². The number of phosphoric acid groups is 1. The summed E-state index contributed by atoms with van der Waals surface area (Å²) in [7, 11) is 1.42. The van der Waals surface area contributed by atoms with Crippen molar-refractivity contribution < 1.29 is 37.3 Å². The number of phosphoric ester groups is 1. The highest BCUT2D eigenvalue weighted by Gasteiger charge is 2.30. The Morgan fingerprint density at radius 3 is 1.44 bits per heavy atom. The second-order valence-corrected chi connectivity index (χ2v) is 21.7. The van der Waals surface area contributed by atoms with Crippen LogP contribution in [0.5, 0.6) is 0 Å². The summed E-state index contributed by atoms with van der Waals surface area (Å²) in [5, 5.41) is 3.02. The molecule has 0 aromatic heterocycles. The third kappa shape index (κ3) is 54.5. The molecule has 9 nitrogen and oxygen atoms in total. The largest absolute Gasteiger partial charge is 0.472 e. The molecule has 0 aromatic rings. The number of hydrogen-bond donors (Lipinski definition) is 2. The molecule has 0 bridgehead atoms. The number of nitrogens with zero attached hydrogens (tertiary/aromatic N) is 1. The van der Waals surface area contributed by atoms with Gasteiger partial charge in [-0.15, -0.1) is 0 Å². The molecule has 2 N–H and O–H groups in total. The highest BCUT2D eigenvalue weighted by molar-refractivity contribution is 7.47. The van der Waals surface area contributed by atoms with Crippen LogP contribution in [0.1, 0.15) is 201 Å². The molecule has 75 heavy (non-hydrogen) atoms. The van der Waals surface area contributed by atoms with E-state index in [0.29, 0.717) is 23.9 Å². The van der Waals surface area contributed by atoms with Gasteiger partial charge >= 0.3 is 13.8 Å². The average molecular weight is 1060 g/mol. The summed E-state index contributed by atoms with van der Waals surface area (Å²) < 4.78 is 30.6. The molecule has 0 aliphatic heterocycles. The van der Waals surface area contributed by atoms with E-state index in [1.54, 1.807) is 0 Å². The number of carbonyl (C=O) groups excluding carboxylic acids is 2. The molecule has 0 fully saturated rings. The van der Waals surface area contributed by atoms with Crippen LogP contribution in [0.3, 0.4) is 0 Å². The zero-order valence-electron chi connectivity index (χ0n) is 48.2. The Balaban J connectivity index is 5.52. The van der Waals surface area contributed by atoms with Crippen molar-refractivity contribution >= 4 is 19.7 Å². The van der Waals surface area contributed by atoms with Gasteiger partial charge in [0.2, 0.25) is 5.91 Å². The Hall–Kier alpha value is -4.11. The molecule has 0 rings (SSSR count). The monoisotopic (exact) mass is 1060 g/mol. The van der Waals surface area contributed by atoms with Crippen molar-refractivity contribution in [2.75, 3.05) is 40.9 Å². The maximum Gasteiger partial charge on any atom is 0.472 e. The van der Waals surface area contributed by atoms with Gasteiger partial charge in [0.1, 0.15) is 19.3 Å². The van der Waals surface area contributed by atoms with E-state index in [9.17, 15) is 19.0 Å². The van der Waals surface area contributed by atoms with Crippen molar-refractivity contribution in [3.63, 3.8) is 0 Å². The Labute approximate surface area is 459 Å². The summed E-state index contributed by atoms with van der Waals surface area (Å²) in [6.45, 7) is 6.66. The van der Waals surface area contributed by atoms with E-state index in [4.69, 9.17) is 13.8 Å². The summed E-state index contributed by atoms with van der Waals surface area (Å²) >= 11 is 0. The summed E-state index contributed by atoms with van der Waals surface area (Å²) in [4.78, 5) is 37.6. The fourth-order valence-electron chi connectivity index (χ4n) is 7.47. The smallest absolute Gasteiger partial charge is 0.456 e. The molecule has 10 heteroatoms. The predicted molar refractivity (Wildman–Crippen MR) is 322 cm³/mol. The van der Waals surface area contributed by atoms with Crippen LogP contribution in [0, 0.1) is 0 Å². The van der Waals surface area contributed by atoms with Crippen LogP contribution >= 0.6 is 7.82 Å². The Bertz CT molecular complexity index is 1790. The van der Waals surface area contributed by atoms with Gasteiger partial charge < -0.3 is 19.4 Å². The van der Waals surface area contributed by atoms with Gasteiger partial charge in [-0.25, -0.2) is 4.57 Å². The maximum absolute atomic E-state index is 13.5. The topological polar surface area (TPSA) is 111 Å². The quantitative estimate of drug-likeness (QED) is 0.0156. The summed E-state index contributed by atoms with van der Waals surface area (Å²) in [6, 6.07) is -0.896. The first-order valence-electron chi connectivity index (χ1n) is 29.2. The minimum Gasteiger partial charge on any atom is -0.456 e. The normalized spacial score (nSPS) is 14.8. The lowest BCUT2D eigenvalue weighted by molar-refractivity contribution is -0.870. The van der Waals surface area contributed by atoms with E-state index >= 15 is 0 Å². The molecule has 0 aliphatic carbocycles. The minimum absolute atomic E-state index is 0.0167. The molecule has 424 valence electrons. The third-order valence-electron chi connectivity index (χ3n) is 11.9. The second kappa shape index (κ2) is 53.3. The summed E-state index contributed by atoms with van der Waals surface area (Å²) in [5.41, 5.74) is 0.